The highest BCUT2D eigenvalue weighted by Crippen LogP contribution is 2.37. The fourth-order valence-corrected chi connectivity index (χ4v) is 4.43. The van der Waals surface area contributed by atoms with E-state index in [0.717, 1.165) is 34.6 Å². The molecule has 1 aliphatic heterocycles. The monoisotopic (exact) mass is 393 g/mol. The van der Waals surface area contributed by atoms with Crippen LogP contribution in [0.5, 0.6) is 0 Å². The van der Waals surface area contributed by atoms with Gasteiger partial charge in [-0.15, -0.1) is 10.2 Å². The van der Waals surface area contributed by atoms with Gasteiger partial charge in [0.2, 0.25) is 11.1 Å². The zero-order valence-electron chi connectivity index (χ0n) is 16.1. The van der Waals surface area contributed by atoms with Gasteiger partial charge in [0.1, 0.15) is 5.25 Å². The van der Waals surface area contributed by atoms with Crippen LogP contribution in [0.3, 0.4) is 0 Å². The smallest absolute Gasteiger partial charge is 0.240 e. The van der Waals surface area contributed by atoms with Crippen molar-refractivity contribution in [2.75, 3.05) is 10.7 Å². The van der Waals surface area contributed by atoms with E-state index in [1.54, 1.807) is 0 Å². The molecule has 2 aromatic carbocycles. The number of anilines is 1. The van der Waals surface area contributed by atoms with Gasteiger partial charge in [0.25, 0.3) is 0 Å². The van der Waals surface area contributed by atoms with Crippen molar-refractivity contribution in [2.24, 2.45) is 0 Å². The van der Waals surface area contributed by atoms with Gasteiger partial charge >= 0.3 is 0 Å². The highest BCUT2D eigenvalue weighted by Gasteiger charge is 2.37. The Morgan fingerprint density at radius 3 is 2.68 bits per heavy atom. The predicted molar refractivity (Wildman–Crippen MR) is 112 cm³/mol. The van der Waals surface area contributed by atoms with E-state index in [-0.39, 0.29) is 17.2 Å². The van der Waals surface area contributed by atoms with Crippen LogP contribution >= 0.6 is 11.8 Å². The first-order valence-corrected chi connectivity index (χ1v) is 10.3. The highest BCUT2D eigenvalue weighted by molar-refractivity contribution is 8.00. The maximum atomic E-state index is 13.3. The minimum Gasteiger partial charge on any atom is -0.325 e. The number of carbonyl (C=O) groups excluding carboxylic acids is 1. The standard InChI is InChI=1S/C21H23N5OS/c1-4-17-23-24-21-26(17)25-18(15-10-6-5-7-11-15)19(28-21)20(27)22-16-12-8-9-13(2)14(16)3/h5-12,18-19,25H,4H2,1-3H3,(H,22,27). The van der Waals surface area contributed by atoms with Gasteiger partial charge in [-0.3, -0.25) is 4.79 Å². The first-order chi connectivity index (χ1) is 13.6. The van der Waals surface area contributed by atoms with Crippen molar-refractivity contribution in [3.8, 4) is 0 Å². The third-order valence-electron chi connectivity index (χ3n) is 5.10. The average molecular weight is 394 g/mol. The molecule has 7 heteroatoms. The molecule has 0 radical (unpaired) electrons. The molecule has 4 rings (SSSR count). The molecule has 6 nitrogen and oxygen atoms in total. The number of nitrogens with zero attached hydrogens (tertiary/aromatic N) is 3. The molecule has 3 aromatic rings. The number of carbonyl (C=O) groups is 1. The SMILES string of the molecule is CCc1nnc2n1NC(c1ccccc1)C(C(=O)Nc1cccc(C)c1C)S2. The fourth-order valence-electron chi connectivity index (χ4n) is 3.33. The first-order valence-electron chi connectivity index (χ1n) is 9.38. The number of aryl methyl sites for hydroxylation is 2. The summed E-state index contributed by atoms with van der Waals surface area (Å²) in [5, 5.41) is 12.0. The molecular formula is C21H23N5OS. The largest absolute Gasteiger partial charge is 0.325 e. The normalized spacial score (nSPS) is 18.2. The Morgan fingerprint density at radius 2 is 1.93 bits per heavy atom. The lowest BCUT2D eigenvalue weighted by Gasteiger charge is -2.33. The van der Waals surface area contributed by atoms with E-state index in [9.17, 15) is 4.79 Å². The number of hydrogen-bond donors (Lipinski definition) is 2. The van der Waals surface area contributed by atoms with Crippen molar-refractivity contribution in [3.63, 3.8) is 0 Å². The summed E-state index contributed by atoms with van der Waals surface area (Å²) in [4.78, 5) is 13.3. The van der Waals surface area contributed by atoms with Gasteiger partial charge in [-0.1, -0.05) is 61.2 Å². The molecule has 0 spiro atoms. The van der Waals surface area contributed by atoms with Crippen LogP contribution in [0.2, 0.25) is 0 Å². The summed E-state index contributed by atoms with van der Waals surface area (Å²) < 4.78 is 1.91. The number of thioether (sulfide) groups is 1. The van der Waals surface area contributed by atoms with E-state index in [4.69, 9.17) is 0 Å². The molecule has 2 heterocycles. The third kappa shape index (κ3) is 3.38. The second kappa shape index (κ2) is 7.67. The maximum absolute atomic E-state index is 13.3. The Labute approximate surface area is 168 Å². The van der Waals surface area contributed by atoms with Crippen molar-refractivity contribution >= 4 is 23.4 Å². The summed E-state index contributed by atoms with van der Waals surface area (Å²) in [6.07, 6.45) is 0.765. The average Bonchev–Trinajstić information content (AvgIpc) is 3.13. The molecule has 1 aliphatic rings. The molecule has 144 valence electrons. The highest BCUT2D eigenvalue weighted by atomic mass is 32.2. The number of hydrogen-bond acceptors (Lipinski definition) is 5. The van der Waals surface area contributed by atoms with Crippen LogP contribution < -0.4 is 10.7 Å². The van der Waals surface area contributed by atoms with E-state index >= 15 is 0 Å². The van der Waals surface area contributed by atoms with Crippen LogP contribution in [-0.2, 0) is 11.2 Å². The van der Waals surface area contributed by atoms with E-state index in [0.29, 0.717) is 5.16 Å². The number of amides is 1. The molecule has 0 saturated carbocycles. The van der Waals surface area contributed by atoms with E-state index in [1.165, 1.54) is 11.8 Å². The third-order valence-corrected chi connectivity index (χ3v) is 6.31. The summed E-state index contributed by atoms with van der Waals surface area (Å²) in [5.41, 5.74) is 7.60. The maximum Gasteiger partial charge on any atom is 0.240 e. The topological polar surface area (TPSA) is 71.8 Å². The lowest BCUT2D eigenvalue weighted by atomic mass is 10.0. The van der Waals surface area contributed by atoms with E-state index in [2.05, 4.69) is 20.9 Å². The zero-order valence-corrected chi connectivity index (χ0v) is 17.0. The summed E-state index contributed by atoms with van der Waals surface area (Å²) >= 11 is 1.45. The van der Waals surface area contributed by atoms with Gasteiger partial charge in [0.15, 0.2) is 5.82 Å². The van der Waals surface area contributed by atoms with E-state index < -0.39 is 0 Å². The van der Waals surface area contributed by atoms with Gasteiger partial charge < -0.3 is 10.7 Å². The molecule has 1 amide bonds. The van der Waals surface area contributed by atoms with Crippen LogP contribution in [0.4, 0.5) is 5.69 Å². The van der Waals surface area contributed by atoms with Crippen LogP contribution in [0.25, 0.3) is 0 Å². The Morgan fingerprint density at radius 1 is 1.14 bits per heavy atom. The summed E-state index contributed by atoms with van der Waals surface area (Å²) in [6.45, 7) is 6.11. The molecule has 2 atom stereocenters. The molecule has 2 N–H and O–H groups in total. The lowest BCUT2D eigenvalue weighted by Crippen LogP contribution is -2.41. The van der Waals surface area contributed by atoms with Crippen LogP contribution in [0, 0.1) is 13.8 Å². The molecule has 0 bridgehead atoms. The number of benzene rings is 2. The van der Waals surface area contributed by atoms with Crippen LogP contribution in [0.1, 0.15) is 35.5 Å². The van der Waals surface area contributed by atoms with Gasteiger partial charge in [-0.05, 0) is 36.6 Å². The number of aromatic nitrogens is 3. The first kappa shape index (κ1) is 18.6. The quantitative estimate of drug-likeness (QED) is 0.704. The van der Waals surface area contributed by atoms with Gasteiger partial charge in [-0.25, -0.2) is 4.68 Å². The molecule has 0 fully saturated rings. The molecular weight excluding hydrogens is 370 g/mol. The summed E-state index contributed by atoms with van der Waals surface area (Å²) in [5.74, 6) is 0.809. The molecule has 28 heavy (non-hydrogen) atoms. The Balaban J connectivity index is 1.68. The second-order valence-corrected chi connectivity index (χ2v) is 7.99. The van der Waals surface area contributed by atoms with Gasteiger partial charge in [-0.2, -0.15) is 0 Å². The summed E-state index contributed by atoms with van der Waals surface area (Å²) in [7, 11) is 0. The van der Waals surface area contributed by atoms with Crippen LogP contribution in [-0.4, -0.2) is 26.0 Å². The molecule has 0 aliphatic carbocycles. The Hall–Kier alpha value is -2.80. The second-order valence-electron chi connectivity index (χ2n) is 6.88. The predicted octanol–water partition coefficient (Wildman–Crippen LogP) is 3.86. The minimum absolute atomic E-state index is 0.0487. The number of fused-ring (bicyclic) bond motifs is 1. The fraction of sp³-hybridized carbons (Fsp3) is 0.286. The molecule has 1 aromatic heterocycles. The van der Waals surface area contributed by atoms with Crippen LogP contribution in [0.15, 0.2) is 53.7 Å². The summed E-state index contributed by atoms with van der Waals surface area (Å²) in [6, 6.07) is 15.8. The number of rotatable bonds is 4. The molecule has 0 saturated heterocycles. The number of nitrogens with one attached hydrogen (secondary N) is 2. The van der Waals surface area contributed by atoms with Crippen molar-refractivity contribution in [1.82, 2.24) is 14.9 Å². The lowest BCUT2D eigenvalue weighted by molar-refractivity contribution is -0.116. The van der Waals surface area contributed by atoms with Gasteiger partial charge in [0, 0.05) is 12.1 Å². The van der Waals surface area contributed by atoms with Crippen molar-refractivity contribution < 1.29 is 4.79 Å². The van der Waals surface area contributed by atoms with Gasteiger partial charge in [0.05, 0.1) is 6.04 Å². The van der Waals surface area contributed by atoms with Crippen molar-refractivity contribution in [2.45, 2.75) is 43.6 Å². The Kier molecular flexibility index (Phi) is 5.09. The van der Waals surface area contributed by atoms with Crippen molar-refractivity contribution in [1.29, 1.82) is 0 Å². The molecule has 2 unspecified atom stereocenters. The van der Waals surface area contributed by atoms with E-state index in [1.807, 2.05) is 74.0 Å². The Bertz CT molecular complexity index is 1000. The minimum atomic E-state index is -0.372. The van der Waals surface area contributed by atoms with Crippen molar-refractivity contribution in [3.05, 3.63) is 71.0 Å². The zero-order chi connectivity index (χ0) is 19.7.